The predicted molar refractivity (Wildman–Crippen MR) is 79.1 cm³/mol. The number of rotatable bonds is 5. The number of quaternary nitrogens is 3. The van der Waals surface area contributed by atoms with Gasteiger partial charge >= 0.3 is 0 Å². The van der Waals surface area contributed by atoms with Gasteiger partial charge in [-0.3, -0.25) is 0 Å². The van der Waals surface area contributed by atoms with Crippen LogP contribution in [0.4, 0.5) is 0 Å². The first-order valence-electron chi connectivity index (χ1n) is 8.31. The molecule has 1 fully saturated rings. The molecule has 0 unspecified atom stereocenters. The van der Waals surface area contributed by atoms with Crippen LogP contribution in [-0.4, -0.2) is 45.8 Å². The maximum absolute atomic E-state index is 2.58. The van der Waals surface area contributed by atoms with Crippen molar-refractivity contribution in [2.75, 3.05) is 45.8 Å². The third kappa shape index (κ3) is 4.59. The van der Waals surface area contributed by atoms with Gasteiger partial charge in [0, 0.05) is 5.92 Å². The van der Waals surface area contributed by atoms with Crippen molar-refractivity contribution < 1.29 is 15.5 Å². The molecule has 110 valence electrons. The molecule has 3 nitrogen and oxygen atoms in total. The Bertz CT molecular complexity index is 294. The van der Waals surface area contributed by atoms with Gasteiger partial charge in [0.1, 0.15) is 39.3 Å². The zero-order chi connectivity index (χ0) is 13.7. The Hall–Kier alpha value is -0.380. The Morgan fingerprint density at radius 2 is 2.05 bits per heavy atom. The van der Waals surface area contributed by atoms with Gasteiger partial charge in [-0.1, -0.05) is 25.5 Å². The summed E-state index contributed by atoms with van der Waals surface area (Å²) in [5, 5.41) is 5.03. The molecule has 3 heteroatoms. The minimum Gasteiger partial charge on any atom is -0.341 e. The molecule has 0 aromatic carbocycles. The van der Waals surface area contributed by atoms with Crippen LogP contribution in [0.1, 0.15) is 27.2 Å². The smallest absolute Gasteiger partial charge is 0.127 e. The molecule has 1 aliphatic carbocycles. The van der Waals surface area contributed by atoms with Gasteiger partial charge < -0.3 is 15.5 Å². The van der Waals surface area contributed by atoms with Gasteiger partial charge in [-0.05, 0) is 25.2 Å². The summed E-state index contributed by atoms with van der Waals surface area (Å²) in [6.07, 6.45) is 3.82. The Balaban J connectivity index is 1.64. The highest BCUT2D eigenvalue weighted by Crippen LogP contribution is 2.32. The lowest BCUT2D eigenvalue weighted by Crippen LogP contribution is -3.22. The van der Waals surface area contributed by atoms with Crippen molar-refractivity contribution in [3.63, 3.8) is 0 Å². The van der Waals surface area contributed by atoms with Crippen LogP contribution < -0.4 is 15.5 Å². The molecule has 0 amide bonds. The maximum Gasteiger partial charge on any atom is 0.127 e. The minimum absolute atomic E-state index is 0.775. The summed E-state index contributed by atoms with van der Waals surface area (Å²) in [7, 11) is 0. The van der Waals surface area contributed by atoms with E-state index in [-0.39, 0.29) is 0 Å². The van der Waals surface area contributed by atoms with Crippen molar-refractivity contribution in [2.24, 2.45) is 17.8 Å². The lowest BCUT2D eigenvalue weighted by Gasteiger charge is -2.31. The number of nitrogens with two attached hydrogens (primary N) is 2. The van der Waals surface area contributed by atoms with Crippen LogP contribution in [0.5, 0.6) is 0 Å². The second-order valence-electron chi connectivity index (χ2n) is 6.90. The Kier molecular flexibility index (Phi) is 5.86. The molecule has 0 radical (unpaired) electrons. The van der Waals surface area contributed by atoms with Crippen LogP contribution in [0.3, 0.4) is 0 Å². The molecule has 5 N–H and O–H groups in total. The van der Waals surface area contributed by atoms with Crippen LogP contribution in [0, 0.1) is 17.8 Å². The first-order valence-corrected chi connectivity index (χ1v) is 8.31. The van der Waals surface area contributed by atoms with E-state index in [1.807, 2.05) is 4.90 Å². The van der Waals surface area contributed by atoms with E-state index in [2.05, 4.69) is 37.5 Å². The summed E-state index contributed by atoms with van der Waals surface area (Å²) in [6.45, 7) is 16.5. The molecule has 1 heterocycles. The van der Waals surface area contributed by atoms with Gasteiger partial charge in [0.2, 0.25) is 0 Å². The summed E-state index contributed by atoms with van der Waals surface area (Å²) >= 11 is 0. The summed E-state index contributed by atoms with van der Waals surface area (Å²) in [5.41, 5.74) is 1.60. The molecule has 0 spiro atoms. The fraction of sp³-hybridized carbons (Fsp3) is 0.875. The quantitative estimate of drug-likeness (QED) is 0.391. The van der Waals surface area contributed by atoms with Gasteiger partial charge in [-0.15, -0.1) is 0 Å². The third-order valence-corrected chi connectivity index (χ3v) is 5.14. The number of piperazine rings is 1. The number of allylic oxidation sites excluding steroid dienone is 2. The molecule has 0 aromatic rings. The molecular formula is C16H34N3+3. The summed E-state index contributed by atoms with van der Waals surface area (Å²) < 4.78 is 0. The Morgan fingerprint density at radius 1 is 1.32 bits per heavy atom. The number of nitrogens with one attached hydrogen (secondary N) is 1. The molecule has 2 rings (SSSR count). The van der Waals surface area contributed by atoms with Gasteiger partial charge in [0.05, 0.1) is 6.54 Å². The zero-order valence-electron chi connectivity index (χ0n) is 13.1. The van der Waals surface area contributed by atoms with E-state index >= 15 is 0 Å². The van der Waals surface area contributed by atoms with Gasteiger partial charge in [-0.25, -0.2) is 0 Å². The Morgan fingerprint density at radius 3 is 2.74 bits per heavy atom. The molecular weight excluding hydrogens is 234 g/mol. The first kappa shape index (κ1) is 15.0. The van der Waals surface area contributed by atoms with E-state index in [0.717, 1.165) is 17.8 Å². The van der Waals surface area contributed by atoms with E-state index in [9.17, 15) is 0 Å². The monoisotopic (exact) mass is 268 g/mol. The molecule has 0 aromatic heterocycles. The van der Waals surface area contributed by atoms with Crippen molar-refractivity contribution >= 4 is 0 Å². The van der Waals surface area contributed by atoms with Crippen molar-refractivity contribution in [1.82, 2.24) is 0 Å². The second kappa shape index (κ2) is 7.41. The van der Waals surface area contributed by atoms with Crippen molar-refractivity contribution in [1.29, 1.82) is 0 Å². The normalized spacial score (nSPS) is 33.2. The van der Waals surface area contributed by atoms with Crippen LogP contribution >= 0.6 is 0 Å². The Labute approximate surface area is 118 Å². The maximum atomic E-state index is 2.58. The van der Waals surface area contributed by atoms with Crippen LogP contribution in [0.2, 0.25) is 0 Å². The zero-order valence-corrected chi connectivity index (χ0v) is 13.1. The van der Waals surface area contributed by atoms with Gasteiger partial charge in [0.15, 0.2) is 0 Å². The molecule has 0 bridgehead atoms. The number of hydrogen-bond donors (Lipinski definition) is 3. The molecule has 1 saturated heterocycles. The summed E-state index contributed by atoms with van der Waals surface area (Å²) in [5.74, 6) is 2.53. The fourth-order valence-corrected chi connectivity index (χ4v) is 4.01. The van der Waals surface area contributed by atoms with Crippen molar-refractivity contribution in [3.8, 4) is 0 Å². The van der Waals surface area contributed by atoms with E-state index in [1.165, 1.54) is 52.2 Å². The predicted octanol–water partition coefficient (Wildman–Crippen LogP) is -1.75. The molecule has 2 aliphatic rings. The van der Waals surface area contributed by atoms with E-state index in [0.29, 0.717) is 0 Å². The highest BCUT2D eigenvalue weighted by Gasteiger charge is 2.28. The van der Waals surface area contributed by atoms with E-state index < -0.39 is 0 Å². The minimum atomic E-state index is 0.775. The third-order valence-electron chi connectivity index (χ3n) is 5.14. The molecule has 1 aliphatic heterocycles. The largest absolute Gasteiger partial charge is 0.341 e. The molecule has 19 heavy (non-hydrogen) atoms. The summed E-state index contributed by atoms with van der Waals surface area (Å²) in [4.78, 5) is 1.82. The SMILES string of the molecule is CC1=C[C@@H](C)[C@H](C[NH2+]CC[NH+]2CC[NH2+]CC2)[C@@H](C)C1. The second-order valence-corrected chi connectivity index (χ2v) is 6.90. The average Bonchev–Trinajstić information content (AvgIpc) is 2.38. The molecule has 3 atom stereocenters. The highest BCUT2D eigenvalue weighted by atomic mass is 15.2. The highest BCUT2D eigenvalue weighted by molar-refractivity contribution is 5.07. The van der Waals surface area contributed by atoms with Gasteiger partial charge in [0.25, 0.3) is 0 Å². The van der Waals surface area contributed by atoms with Crippen molar-refractivity contribution in [3.05, 3.63) is 11.6 Å². The lowest BCUT2D eigenvalue weighted by atomic mass is 9.75. The lowest BCUT2D eigenvalue weighted by molar-refractivity contribution is -0.955. The average molecular weight is 268 g/mol. The fourth-order valence-electron chi connectivity index (χ4n) is 4.01. The van der Waals surface area contributed by atoms with Gasteiger partial charge in [-0.2, -0.15) is 0 Å². The van der Waals surface area contributed by atoms with E-state index in [1.54, 1.807) is 5.57 Å². The van der Waals surface area contributed by atoms with E-state index in [4.69, 9.17) is 0 Å². The standard InChI is InChI=1S/C16H31N3/c1-13-10-14(2)16(15(3)11-13)12-18-6-9-19-7-4-17-5-8-19/h10,14-18H,4-9,11-12H2,1-3H3/p+3/t14-,15+,16+/m1/s1. The topological polar surface area (TPSA) is 37.7 Å². The summed E-state index contributed by atoms with van der Waals surface area (Å²) in [6, 6.07) is 0. The van der Waals surface area contributed by atoms with Crippen LogP contribution in [-0.2, 0) is 0 Å². The van der Waals surface area contributed by atoms with Crippen LogP contribution in [0.25, 0.3) is 0 Å². The van der Waals surface area contributed by atoms with Crippen molar-refractivity contribution in [2.45, 2.75) is 27.2 Å². The number of hydrogen-bond acceptors (Lipinski definition) is 0. The van der Waals surface area contributed by atoms with Crippen LogP contribution in [0.15, 0.2) is 11.6 Å². The molecule has 0 saturated carbocycles. The first-order chi connectivity index (χ1) is 9.16.